The Labute approximate surface area is 201 Å². The normalized spacial score (nSPS) is 13.5. The predicted octanol–water partition coefficient (Wildman–Crippen LogP) is 4.58. The van der Waals surface area contributed by atoms with Gasteiger partial charge in [0.25, 0.3) is 0 Å². The number of carbonyl (C=O) groups excluding carboxylic acids is 1. The van der Waals surface area contributed by atoms with Crippen LogP contribution in [0.5, 0.6) is 11.5 Å². The second-order valence-electron chi connectivity index (χ2n) is 7.85. The van der Waals surface area contributed by atoms with Crippen molar-refractivity contribution in [3.63, 3.8) is 0 Å². The van der Waals surface area contributed by atoms with Gasteiger partial charge in [-0.25, -0.2) is 0 Å². The minimum Gasteiger partial charge on any atom is -0.486 e. The molecular formula is C25H24N4O4S. The van der Waals surface area contributed by atoms with Crippen molar-refractivity contribution in [3.05, 3.63) is 72.2 Å². The fourth-order valence-electron chi connectivity index (χ4n) is 3.79. The van der Waals surface area contributed by atoms with Crippen molar-refractivity contribution in [1.82, 2.24) is 20.1 Å². The van der Waals surface area contributed by atoms with E-state index in [1.165, 1.54) is 11.8 Å². The number of nitrogens with zero attached hydrogens (tertiary/aromatic N) is 3. The highest BCUT2D eigenvalue weighted by atomic mass is 32.2. The van der Waals surface area contributed by atoms with Crippen molar-refractivity contribution in [3.8, 4) is 28.6 Å². The molecule has 174 valence electrons. The number of carbonyl (C=O) groups is 1. The second-order valence-corrected chi connectivity index (χ2v) is 8.79. The molecule has 1 aliphatic rings. The third-order valence-corrected chi connectivity index (χ3v) is 6.45. The molecule has 2 aromatic heterocycles. The van der Waals surface area contributed by atoms with Crippen LogP contribution < -0.4 is 14.8 Å². The summed E-state index contributed by atoms with van der Waals surface area (Å²) in [7, 11) is 0. The topological polar surface area (TPSA) is 91.4 Å². The number of fused-ring (bicyclic) bond motifs is 1. The standard InChI is InChI=1S/C25H24N4O4S/c1-16(18-8-9-21-22(14-18)33-13-12-32-21)26-23(30)15-34-25-28-27-24(20-10-11-31-17(20)2)29(25)19-6-4-3-5-7-19/h3-11,14,16H,12-13,15H2,1-2H3,(H,26,30). The van der Waals surface area contributed by atoms with Gasteiger partial charge in [-0.1, -0.05) is 36.0 Å². The Morgan fingerprint density at radius 2 is 1.88 bits per heavy atom. The lowest BCUT2D eigenvalue weighted by Gasteiger charge is -2.21. The van der Waals surface area contributed by atoms with Gasteiger partial charge in [0.05, 0.1) is 23.6 Å². The molecule has 9 heteroatoms. The first-order valence-corrected chi connectivity index (χ1v) is 12.0. The van der Waals surface area contributed by atoms with Crippen LogP contribution in [0.1, 0.15) is 24.3 Å². The third kappa shape index (κ3) is 4.51. The number of benzene rings is 2. The first-order chi connectivity index (χ1) is 16.6. The zero-order valence-corrected chi connectivity index (χ0v) is 19.7. The lowest BCUT2D eigenvalue weighted by molar-refractivity contribution is -0.119. The van der Waals surface area contributed by atoms with Crippen LogP contribution in [-0.4, -0.2) is 39.6 Å². The van der Waals surface area contributed by atoms with Crippen LogP contribution in [0.3, 0.4) is 0 Å². The van der Waals surface area contributed by atoms with Crippen LogP contribution >= 0.6 is 11.8 Å². The number of para-hydroxylation sites is 1. The van der Waals surface area contributed by atoms with Crippen molar-refractivity contribution in [1.29, 1.82) is 0 Å². The van der Waals surface area contributed by atoms with Gasteiger partial charge in [0, 0.05) is 5.69 Å². The minimum absolute atomic E-state index is 0.101. The van der Waals surface area contributed by atoms with E-state index in [4.69, 9.17) is 13.9 Å². The van der Waals surface area contributed by atoms with E-state index in [1.807, 2.05) is 73.0 Å². The van der Waals surface area contributed by atoms with Crippen LogP contribution in [0.15, 0.2) is 70.4 Å². The maximum absolute atomic E-state index is 12.8. The molecule has 0 bridgehead atoms. The Bertz CT molecular complexity index is 1300. The summed E-state index contributed by atoms with van der Waals surface area (Å²) < 4.78 is 18.6. The number of aromatic nitrogens is 3. The first kappa shape index (κ1) is 22.1. The van der Waals surface area contributed by atoms with Gasteiger partial charge in [-0.05, 0) is 49.7 Å². The molecule has 1 amide bonds. The van der Waals surface area contributed by atoms with Crippen LogP contribution in [0.2, 0.25) is 0 Å². The van der Waals surface area contributed by atoms with Gasteiger partial charge in [-0.3, -0.25) is 9.36 Å². The molecule has 2 aromatic carbocycles. The van der Waals surface area contributed by atoms with E-state index < -0.39 is 0 Å². The highest BCUT2D eigenvalue weighted by molar-refractivity contribution is 7.99. The van der Waals surface area contributed by atoms with E-state index in [0.29, 0.717) is 29.9 Å². The van der Waals surface area contributed by atoms with Crippen LogP contribution in [-0.2, 0) is 4.79 Å². The zero-order valence-electron chi connectivity index (χ0n) is 18.9. The molecular weight excluding hydrogens is 452 g/mol. The van der Waals surface area contributed by atoms with E-state index in [1.54, 1.807) is 6.26 Å². The molecule has 1 atom stereocenters. The SMILES string of the molecule is Cc1occc1-c1nnc(SCC(=O)NC(C)c2ccc3c(c2)OCCO3)n1-c1ccccc1. The second kappa shape index (κ2) is 9.64. The Kier molecular flexibility index (Phi) is 6.27. The van der Waals surface area contributed by atoms with Gasteiger partial charge in [0.15, 0.2) is 22.5 Å². The first-order valence-electron chi connectivity index (χ1n) is 11.0. The highest BCUT2D eigenvalue weighted by Crippen LogP contribution is 2.33. The Hall–Kier alpha value is -3.72. The van der Waals surface area contributed by atoms with Gasteiger partial charge >= 0.3 is 0 Å². The van der Waals surface area contributed by atoms with Crippen LogP contribution in [0, 0.1) is 6.92 Å². The highest BCUT2D eigenvalue weighted by Gasteiger charge is 2.21. The number of hydrogen-bond acceptors (Lipinski definition) is 7. The molecule has 4 aromatic rings. The number of ether oxygens (including phenoxy) is 2. The molecule has 0 radical (unpaired) electrons. The van der Waals surface area contributed by atoms with Crippen LogP contribution in [0.4, 0.5) is 0 Å². The average molecular weight is 477 g/mol. The molecule has 1 unspecified atom stereocenters. The third-order valence-electron chi connectivity index (χ3n) is 5.52. The quantitative estimate of drug-likeness (QED) is 0.391. The Morgan fingerprint density at radius 3 is 2.65 bits per heavy atom. The number of aryl methyl sites for hydroxylation is 1. The minimum atomic E-state index is -0.180. The maximum atomic E-state index is 12.8. The van der Waals surface area contributed by atoms with E-state index in [-0.39, 0.29) is 17.7 Å². The summed E-state index contributed by atoms with van der Waals surface area (Å²) in [4.78, 5) is 12.8. The summed E-state index contributed by atoms with van der Waals surface area (Å²) in [6.07, 6.45) is 1.63. The van der Waals surface area contributed by atoms with E-state index in [0.717, 1.165) is 28.3 Å². The summed E-state index contributed by atoms with van der Waals surface area (Å²) in [5, 5.41) is 12.4. The zero-order chi connectivity index (χ0) is 23.5. The average Bonchev–Trinajstić information content (AvgIpc) is 3.48. The van der Waals surface area contributed by atoms with E-state index in [9.17, 15) is 4.79 Å². The maximum Gasteiger partial charge on any atom is 0.230 e. The smallest absolute Gasteiger partial charge is 0.230 e. The van der Waals surface area contributed by atoms with E-state index >= 15 is 0 Å². The molecule has 0 fully saturated rings. The number of rotatable bonds is 7. The number of nitrogens with one attached hydrogen (secondary N) is 1. The molecule has 5 rings (SSSR count). The molecule has 0 saturated heterocycles. The van der Waals surface area contributed by atoms with Crippen molar-refractivity contribution in [2.75, 3.05) is 19.0 Å². The van der Waals surface area contributed by atoms with Gasteiger partial charge in [-0.2, -0.15) is 0 Å². The molecule has 3 heterocycles. The fourth-order valence-corrected chi connectivity index (χ4v) is 4.55. The summed E-state index contributed by atoms with van der Waals surface area (Å²) in [5.74, 6) is 2.96. The van der Waals surface area contributed by atoms with Crippen molar-refractivity contribution >= 4 is 17.7 Å². The van der Waals surface area contributed by atoms with E-state index in [2.05, 4.69) is 15.5 Å². The predicted molar refractivity (Wildman–Crippen MR) is 129 cm³/mol. The summed E-state index contributed by atoms with van der Waals surface area (Å²) in [6, 6.07) is 17.3. The molecule has 1 N–H and O–H groups in total. The Balaban J connectivity index is 1.31. The summed E-state index contributed by atoms with van der Waals surface area (Å²) >= 11 is 1.34. The number of thioether (sulfide) groups is 1. The van der Waals surface area contributed by atoms with Crippen molar-refractivity contribution < 1.29 is 18.7 Å². The van der Waals surface area contributed by atoms with Crippen LogP contribution in [0.25, 0.3) is 17.1 Å². The van der Waals surface area contributed by atoms with Gasteiger partial charge in [0.1, 0.15) is 19.0 Å². The lowest BCUT2D eigenvalue weighted by atomic mass is 10.1. The van der Waals surface area contributed by atoms with Gasteiger partial charge in [-0.15, -0.1) is 10.2 Å². The van der Waals surface area contributed by atoms with Crippen molar-refractivity contribution in [2.45, 2.75) is 25.0 Å². The summed E-state index contributed by atoms with van der Waals surface area (Å²) in [5.41, 5.74) is 2.73. The Morgan fingerprint density at radius 1 is 1.09 bits per heavy atom. The molecule has 8 nitrogen and oxygen atoms in total. The molecule has 0 spiro atoms. The number of amides is 1. The molecule has 0 saturated carbocycles. The van der Waals surface area contributed by atoms with Gasteiger partial charge in [0.2, 0.25) is 5.91 Å². The van der Waals surface area contributed by atoms with Crippen molar-refractivity contribution in [2.24, 2.45) is 0 Å². The largest absolute Gasteiger partial charge is 0.486 e. The fraction of sp³-hybridized carbons (Fsp3) is 0.240. The number of furan rings is 1. The monoisotopic (exact) mass is 476 g/mol. The molecule has 0 aliphatic carbocycles. The molecule has 34 heavy (non-hydrogen) atoms. The molecule has 1 aliphatic heterocycles. The van der Waals surface area contributed by atoms with Gasteiger partial charge < -0.3 is 19.2 Å². The lowest BCUT2D eigenvalue weighted by Crippen LogP contribution is -2.28. The summed E-state index contributed by atoms with van der Waals surface area (Å²) in [6.45, 7) is 4.90. The number of hydrogen-bond donors (Lipinski definition) is 1.